The fourth-order valence-corrected chi connectivity index (χ4v) is 6.12. The number of hydrogen-bond acceptors (Lipinski definition) is 5. The van der Waals surface area contributed by atoms with Crippen molar-refractivity contribution in [1.29, 1.82) is 0 Å². The zero-order valence-electron chi connectivity index (χ0n) is 21.7. The number of benzene rings is 3. The fraction of sp³-hybridized carbons (Fsp3) is 0.233. The van der Waals surface area contributed by atoms with Gasteiger partial charge in [-0.05, 0) is 61.4 Å². The van der Waals surface area contributed by atoms with Crippen molar-refractivity contribution in [2.24, 2.45) is 4.99 Å². The summed E-state index contributed by atoms with van der Waals surface area (Å²) in [5, 5.41) is 2.62. The number of ether oxygens (including phenoxy) is 1. The molecule has 4 aromatic rings. The van der Waals surface area contributed by atoms with Crippen molar-refractivity contribution in [3.05, 3.63) is 108 Å². The lowest BCUT2D eigenvalue weighted by molar-refractivity contribution is -0.127. The minimum atomic E-state index is -0.617. The number of hydrogen-bond donors (Lipinski definition) is 0. The number of allylic oxidation sites excluding steroid dienone is 1. The molecule has 1 aliphatic heterocycles. The molecule has 1 aliphatic rings. The lowest BCUT2D eigenvalue weighted by Crippen LogP contribution is -2.43. The quantitative estimate of drug-likeness (QED) is 0.345. The van der Waals surface area contributed by atoms with E-state index in [-0.39, 0.29) is 11.5 Å². The summed E-state index contributed by atoms with van der Waals surface area (Å²) in [4.78, 5) is 34.8. The molecule has 0 unspecified atom stereocenters. The summed E-state index contributed by atoms with van der Waals surface area (Å²) in [7, 11) is 1.62. The number of methoxy groups -OCH3 is 1. The van der Waals surface area contributed by atoms with Gasteiger partial charge in [0.05, 0.1) is 29.0 Å². The average Bonchev–Trinajstić information content (AvgIpc) is 3.23. The van der Waals surface area contributed by atoms with E-state index >= 15 is 0 Å². The first kappa shape index (κ1) is 25.9. The fourth-order valence-electron chi connectivity index (χ4n) is 4.97. The summed E-state index contributed by atoms with van der Waals surface area (Å²) in [6, 6.07) is 18.6. The van der Waals surface area contributed by atoms with Gasteiger partial charge in [-0.3, -0.25) is 14.2 Å². The van der Waals surface area contributed by atoms with E-state index in [2.05, 4.69) is 0 Å². The van der Waals surface area contributed by atoms with E-state index in [1.54, 1.807) is 28.7 Å². The highest BCUT2D eigenvalue weighted by Gasteiger charge is 2.34. The molecule has 1 aromatic heterocycles. The molecular weight excluding hydrogens is 518 g/mol. The Balaban J connectivity index is 1.78. The normalized spacial score (nSPS) is 15.4. The predicted molar refractivity (Wildman–Crippen MR) is 154 cm³/mol. The number of carbonyl (C=O) groups excluding carboxylic acids is 1. The van der Waals surface area contributed by atoms with Crippen LogP contribution in [-0.2, 0) is 4.79 Å². The Hall–Kier alpha value is -3.68. The predicted octanol–water partition coefficient (Wildman–Crippen LogP) is 4.92. The van der Waals surface area contributed by atoms with E-state index in [1.807, 2.05) is 75.4 Å². The SMILES string of the molecule is CCN(CC)C(=O)C1=C(C)N=c2s/c(=C/c3c(OC)ccc4ccccc34)c(=O)n2[C@@H]1c1ccc(Cl)cc1. The molecule has 0 radical (unpaired) electrons. The van der Waals surface area contributed by atoms with Gasteiger partial charge in [-0.1, -0.05) is 65.4 Å². The van der Waals surface area contributed by atoms with Gasteiger partial charge in [0.25, 0.3) is 11.5 Å². The molecule has 0 saturated heterocycles. The van der Waals surface area contributed by atoms with Crippen molar-refractivity contribution in [1.82, 2.24) is 9.47 Å². The van der Waals surface area contributed by atoms with Crippen LogP contribution >= 0.6 is 22.9 Å². The third-order valence-corrected chi connectivity index (χ3v) is 8.15. The van der Waals surface area contributed by atoms with Crippen LogP contribution < -0.4 is 19.6 Å². The van der Waals surface area contributed by atoms with Gasteiger partial charge in [-0.25, -0.2) is 4.99 Å². The molecule has 5 rings (SSSR count). The molecule has 0 fully saturated rings. The molecule has 0 bridgehead atoms. The number of rotatable bonds is 6. The molecule has 0 aliphatic carbocycles. The molecule has 1 amide bonds. The second-order valence-corrected chi connectivity index (χ2v) is 10.5. The topological polar surface area (TPSA) is 63.9 Å². The van der Waals surface area contributed by atoms with Crippen molar-refractivity contribution in [2.45, 2.75) is 26.8 Å². The van der Waals surface area contributed by atoms with Crippen molar-refractivity contribution in [3.63, 3.8) is 0 Å². The average molecular weight is 546 g/mol. The summed E-state index contributed by atoms with van der Waals surface area (Å²) >= 11 is 7.50. The van der Waals surface area contributed by atoms with Gasteiger partial charge >= 0.3 is 0 Å². The van der Waals surface area contributed by atoms with E-state index in [1.165, 1.54) is 11.3 Å². The number of nitrogens with zero attached hydrogens (tertiary/aromatic N) is 3. The van der Waals surface area contributed by atoms with E-state index in [9.17, 15) is 9.59 Å². The third-order valence-electron chi connectivity index (χ3n) is 6.91. The standard InChI is InChI=1S/C30H28ClN3O3S/c1-5-33(6-2)29(36)26-18(3)32-30-34(27(26)20-11-14-21(31)15-12-20)28(35)25(38-30)17-23-22-10-8-7-9-19(22)13-16-24(23)37-4/h7-17,27H,5-6H2,1-4H3/b25-17+/t27-/m1/s1. The summed E-state index contributed by atoms with van der Waals surface area (Å²) in [5.41, 5.74) is 2.53. The van der Waals surface area contributed by atoms with Crippen LogP contribution in [0.1, 0.15) is 37.9 Å². The number of amides is 1. The molecule has 1 atom stereocenters. The summed E-state index contributed by atoms with van der Waals surface area (Å²) in [6.07, 6.45) is 1.87. The Kier molecular flexibility index (Phi) is 7.23. The second-order valence-electron chi connectivity index (χ2n) is 9.01. The number of carbonyl (C=O) groups is 1. The molecule has 8 heteroatoms. The Morgan fingerprint density at radius 3 is 2.50 bits per heavy atom. The number of thiazole rings is 1. The number of likely N-dealkylation sites (N-methyl/N-ethyl adjacent to an activating group) is 1. The summed E-state index contributed by atoms with van der Waals surface area (Å²) in [5.74, 6) is 0.554. The number of halogens is 1. The van der Waals surface area contributed by atoms with Gasteiger partial charge in [-0.15, -0.1) is 0 Å². The first-order valence-electron chi connectivity index (χ1n) is 12.5. The molecule has 2 heterocycles. The zero-order chi connectivity index (χ0) is 27.0. The van der Waals surface area contributed by atoms with Crippen LogP contribution in [0.4, 0.5) is 0 Å². The van der Waals surface area contributed by atoms with Gasteiger partial charge in [0.2, 0.25) is 0 Å². The van der Waals surface area contributed by atoms with Crippen LogP contribution in [0, 0.1) is 0 Å². The molecule has 0 N–H and O–H groups in total. The van der Waals surface area contributed by atoms with Crippen LogP contribution in [0.2, 0.25) is 5.02 Å². The van der Waals surface area contributed by atoms with E-state index < -0.39 is 6.04 Å². The highest BCUT2D eigenvalue weighted by Crippen LogP contribution is 2.32. The largest absolute Gasteiger partial charge is 0.496 e. The summed E-state index contributed by atoms with van der Waals surface area (Å²) in [6.45, 7) is 6.85. The maximum Gasteiger partial charge on any atom is 0.271 e. The van der Waals surface area contributed by atoms with Crippen molar-refractivity contribution >= 4 is 45.7 Å². The molecule has 0 spiro atoms. The molecule has 38 heavy (non-hydrogen) atoms. The van der Waals surface area contributed by atoms with Crippen LogP contribution in [0.3, 0.4) is 0 Å². The van der Waals surface area contributed by atoms with Gasteiger partial charge < -0.3 is 9.64 Å². The smallest absolute Gasteiger partial charge is 0.271 e. The number of fused-ring (bicyclic) bond motifs is 2. The third kappa shape index (κ3) is 4.46. The zero-order valence-corrected chi connectivity index (χ0v) is 23.3. The maximum atomic E-state index is 14.1. The minimum absolute atomic E-state index is 0.124. The monoisotopic (exact) mass is 545 g/mol. The Bertz CT molecular complexity index is 1750. The van der Waals surface area contributed by atoms with Gasteiger partial charge in [0.15, 0.2) is 4.80 Å². The van der Waals surface area contributed by atoms with Crippen LogP contribution in [0.25, 0.3) is 16.8 Å². The van der Waals surface area contributed by atoms with E-state index in [0.717, 1.165) is 21.9 Å². The van der Waals surface area contributed by atoms with E-state index in [0.29, 0.717) is 44.5 Å². The molecular formula is C30H28ClN3O3S. The number of aromatic nitrogens is 1. The molecule has 0 saturated carbocycles. The van der Waals surface area contributed by atoms with Crippen molar-refractivity contribution < 1.29 is 9.53 Å². The first-order chi connectivity index (χ1) is 18.4. The van der Waals surface area contributed by atoms with Crippen LogP contribution in [-0.4, -0.2) is 35.6 Å². The first-order valence-corrected chi connectivity index (χ1v) is 13.7. The van der Waals surface area contributed by atoms with Crippen LogP contribution in [0.5, 0.6) is 5.75 Å². The van der Waals surface area contributed by atoms with Gasteiger partial charge in [-0.2, -0.15) is 0 Å². The highest BCUT2D eigenvalue weighted by atomic mass is 35.5. The molecule has 194 valence electrons. The Morgan fingerprint density at radius 1 is 1.11 bits per heavy atom. The second kappa shape index (κ2) is 10.6. The van der Waals surface area contributed by atoms with E-state index in [4.69, 9.17) is 21.3 Å². The van der Waals surface area contributed by atoms with Gasteiger partial charge in [0, 0.05) is 23.7 Å². The lowest BCUT2D eigenvalue weighted by atomic mass is 9.94. The Labute approximate surface area is 229 Å². The van der Waals surface area contributed by atoms with Crippen LogP contribution in [0.15, 0.2) is 81.7 Å². The highest BCUT2D eigenvalue weighted by molar-refractivity contribution is 7.07. The van der Waals surface area contributed by atoms with Crippen molar-refractivity contribution in [3.8, 4) is 5.75 Å². The Morgan fingerprint density at radius 2 is 1.82 bits per heavy atom. The minimum Gasteiger partial charge on any atom is -0.496 e. The van der Waals surface area contributed by atoms with Crippen molar-refractivity contribution in [2.75, 3.05) is 20.2 Å². The lowest BCUT2D eigenvalue weighted by Gasteiger charge is -2.29. The van der Waals surface area contributed by atoms with Gasteiger partial charge in [0.1, 0.15) is 5.75 Å². The summed E-state index contributed by atoms with van der Waals surface area (Å²) < 4.78 is 7.81. The molecule has 3 aromatic carbocycles. The molecule has 6 nitrogen and oxygen atoms in total. The maximum absolute atomic E-state index is 14.1.